The van der Waals surface area contributed by atoms with Crippen LogP contribution in [0.3, 0.4) is 0 Å². The van der Waals surface area contributed by atoms with Crippen molar-refractivity contribution in [1.29, 1.82) is 0 Å². The average molecular weight is 368 g/mol. The van der Waals surface area contributed by atoms with Crippen molar-refractivity contribution < 1.29 is 9.59 Å². The van der Waals surface area contributed by atoms with Crippen molar-refractivity contribution in [2.75, 3.05) is 0 Å². The summed E-state index contributed by atoms with van der Waals surface area (Å²) >= 11 is 0. The third-order valence-electron chi connectivity index (χ3n) is 5.00. The van der Waals surface area contributed by atoms with Crippen LogP contribution in [0.4, 0.5) is 0 Å². The van der Waals surface area contributed by atoms with Crippen LogP contribution in [0.1, 0.15) is 32.0 Å². The van der Waals surface area contributed by atoms with Crippen LogP contribution in [0.2, 0.25) is 0 Å². The van der Waals surface area contributed by atoms with E-state index in [0.29, 0.717) is 17.7 Å². The van der Waals surface area contributed by atoms with E-state index in [1.54, 1.807) is 0 Å². The van der Waals surface area contributed by atoms with Crippen molar-refractivity contribution in [3.63, 3.8) is 0 Å². The summed E-state index contributed by atoms with van der Waals surface area (Å²) in [5.41, 5.74) is 11.2. The normalized spacial score (nSPS) is 10.9. The highest BCUT2D eigenvalue weighted by Gasteiger charge is 2.21. The third kappa shape index (κ3) is 3.15. The lowest BCUT2D eigenvalue weighted by Crippen LogP contribution is -2.07. The van der Waals surface area contributed by atoms with Crippen LogP contribution in [0.25, 0.3) is 16.6 Å². The molecule has 2 aromatic carbocycles. The molecule has 0 spiro atoms. The van der Waals surface area contributed by atoms with Crippen LogP contribution in [0, 0.1) is 0 Å². The summed E-state index contributed by atoms with van der Waals surface area (Å²) in [6.07, 6.45) is 2.97. The molecule has 4 heteroatoms. The molecule has 0 saturated carbocycles. The maximum absolute atomic E-state index is 13.0. The van der Waals surface area contributed by atoms with Gasteiger partial charge in [-0.1, -0.05) is 60.7 Å². The van der Waals surface area contributed by atoms with Crippen LogP contribution in [-0.2, 0) is 13.0 Å². The smallest absolute Gasteiger partial charge is 0.168 e. The molecule has 4 rings (SSSR count). The number of Topliss-reactive ketones (excluding diaryl/α,β-unsaturated/α-hetero) is 1. The van der Waals surface area contributed by atoms with Gasteiger partial charge in [-0.3, -0.25) is 9.59 Å². The molecule has 0 amide bonds. The fourth-order valence-corrected chi connectivity index (χ4v) is 3.60. The van der Waals surface area contributed by atoms with E-state index in [2.05, 4.69) is 0 Å². The van der Waals surface area contributed by atoms with Gasteiger partial charge in [-0.15, -0.1) is 0 Å². The van der Waals surface area contributed by atoms with Crippen LogP contribution < -0.4 is 5.73 Å². The van der Waals surface area contributed by atoms with E-state index in [9.17, 15) is 9.59 Å². The van der Waals surface area contributed by atoms with E-state index >= 15 is 0 Å². The first-order chi connectivity index (χ1) is 13.7. The van der Waals surface area contributed by atoms with Crippen LogP contribution in [-0.4, -0.2) is 16.5 Å². The first kappa shape index (κ1) is 17.9. The first-order valence-electron chi connectivity index (χ1n) is 9.17. The molecule has 0 atom stereocenters. The van der Waals surface area contributed by atoms with Gasteiger partial charge in [0.2, 0.25) is 0 Å². The van der Waals surface area contributed by atoms with Crippen molar-refractivity contribution in [3.05, 3.63) is 101 Å². The highest BCUT2D eigenvalue weighted by molar-refractivity contribution is 6.02. The zero-order chi connectivity index (χ0) is 19.5. The summed E-state index contributed by atoms with van der Waals surface area (Å²) < 4.78 is 1.94. The van der Waals surface area contributed by atoms with Gasteiger partial charge in [-0.25, -0.2) is 0 Å². The van der Waals surface area contributed by atoms with Crippen LogP contribution in [0.5, 0.6) is 0 Å². The topological polar surface area (TPSA) is 64.6 Å². The molecule has 0 aliphatic heterocycles. The molecular formula is C24H20N2O2. The quantitative estimate of drug-likeness (QED) is 0.408. The van der Waals surface area contributed by atoms with Crippen molar-refractivity contribution in [3.8, 4) is 11.1 Å². The molecule has 0 radical (unpaired) electrons. The number of aldehydes is 1. The Balaban J connectivity index is 1.85. The Kier molecular flexibility index (Phi) is 4.87. The lowest BCUT2D eigenvalue weighted by Gasteiger charge is -2.08. The minimum absolute atomic E-state index is 0.00135. The fourth-order valence-electron chi connectivity index (χ4n) is 3.60. The molecule has 4 nitrogen and oxygen atoms in total. The fraction of sp³-hybridized carbons (Fsp3) is 0.0833. The largest absolute Gasteiger partial charge is 0.326 e. The standard InChI is InChI=1S/C24H20N2O2/c25-15-17-9-11-18(12-10-17)23(28)14-22-24(19-6-2-1-3-7-19)20(16-27)21-8-4-5-13-26(21)22/h1-13,16H,14-15,25H2. The number of fused-ring (bicyclic) bond motifs is 1. The number of carbonyl (C=O) groups excluding carboxylic acids is 2. The van der Waals surface area contributed by atoms with Crippen molar-refractivity contribution in [2.45, 2.75) is 13.0 Å². The molecule has 0 aliphatic carbocycles. The summed E-state index contributed by atoms with van der Waals surface area (Å²) in [4.78, 5) is 24.9. The number of pyridine rings is 1. The second-order valence-corrected chi connectivity index (χ2v) is 6.68. The van der Waals surface area contributed by atoms with Crippen molar-refractivity contribution >= 4 is 17.6 Å². The lowest BCUT2D eigenvalue weighted by atomic mass is 9.97. The SMILES string of the molecule is NCc1ccc(C(=O)Cc2c(-c3ccccc3)c(C=O)c3ccccn23)cc1. The molecule has 28 heavy (non-hydrogen) atoms. The Labute approximate surface area is 163 Å². The average Bonchev–Trinajstić information content (AvgIpc) is 3.07. The zero-order valence-electron chi connectivity index (χ0n) is 15.3. The van der Waals surface area contributed by atoms with E-state index in [1.165, 1.54) is 0 Å². The van der Waals surface area contributed by atoms with Crippen molar-refractivity contribution in [2.24, 2.45) is 5.73 Å². The highest BCUT2D eigenvalue weighted by Crippen LogP contribution is 2.33. The maximum Gasteiger partial charge on any atom is 0.168 e. The molecule has 0 unspecified atom stereocenters. The molecule has 0 aliphatic rings. The number of rotatable bonds is 6. The van der Waals surface area contributed by atoms with Gasteiger partial charge in [0.05, 0.1) is 11.9 Å². The van der Waals surface area contributed by atoms with Gasteiger partial charge in [-0.2, -0.15) is 0 Å². The molecule has 2 N–H and O–H groups in total. The molecule has 0 fully saturated rings. The Morgan fingerprint density at radius 1 is 0.929 bits per heavy atom. The van der Waals surface area contributed by atoms with Crippen LogP contribution >= 0.6 is 0 Å². The number of hydrogen-bond donors (Lipinski definition) is 1. The number of ketones is 1. The molecule has 2 heterocycles. The first-order valence-corrected chi connectivity index (χ1v) is 9.17. The van der Waals surface area contributed by atoms with Gasteiger partial charge in [0.25, 0.3) is 0 Å². The van der Waals surface area contributed by atoms with E-state index in [-0.39, 0.29) is 12.2 Å². The minimum atomic E-state index is 0.00135. The summed E-state index contributed by atoms with van der Waals surface area (Å²) in [6, 6.07) is 22.8. The summed E-state index contributed by atoms with van der Waals surface area (Å²) in [6.45, 7) is 0.443. The highest BCUT2D eigenvalue weighted by atomic mass is 16.1. The van der Waals surface area contributed by atoms with E-state index in [0.717, 1.165) is 34.2 Å². The Bertz CT molecular complexity index is 1140. The number of benzene rings is 2. The molecular weight excluding hydrogens is 348 g/mol. The van der Waals surface area contributed by atoms with Gasteiger partial charge in [0.1, 0.15) is 0 Å². The number of hydrogen-bond acceptors (Lipinski definition) is 3. The summed E-state index contributed by atoms with van der Waals surface area (Å²) in [7, 11) is 0. The van der Waals surface area contributed by atoms with Gasteiger partial charge < -0.3 is 10.1 Å². The predicted molar refractivity (Wildman–Crippen MR) is 111 cm³/mol. The van der Waals surface area contributed by atoms with E-state index in [1.807, 2.05) is 83.4 Å². The zero-order valence-corrected chi connectivity index (χ0v) is 15.3. The Hall–Kier alpha value is -3.50. The molecule has 138 valence electrons. The summed E-state index contributed by atoms with van der Waals surface area (Å²) in [5.74, 6) is 0.00135. The monoisotopic (exact) mass is 368 g/mol. The second kappa shape index (κ2) is 7.62. The predicted octanol–water partition coefficient (Wildman–Crippen LogP) is 4.30. The van der Waals surface area contributed by atoms with Gasteiger partial charge >= 0.3 is 0 Å². The van der Waals surface area contributed by atoms with Gasteiger partial charge in [-0.05, 0) is 23.3 Å². The van der Waals surface area contributed by atoms with E-state index < -0.39 is 0 Å². The number of carbonyl (C=O) groups is 2. The van der Waals surface area contributed by atoms with E-state index in [4.69, 9.17) is 5.73 Å². The van der Waals surface area contributed by atoms with Gasteiger partial charge in [0.15, 0.2) is 12.1 Å². The molecule has 2 aromatic heterocycles. The number of aromatic nitrogens is 1. The second-order valence-electron chi connectivity index (χ2n) is 6.68. The maximum atomic E-state index is 13.0. The van der Waals surface area contributed by atoms with Gasteiger partial charge in [0, 0.05) is 35.1 Å². The molecule has 0 bridgehead atoms. The Morgan fingerprint density at radius 3 is 2.32 bits per heavy atom. The molecule has 4 aromatic rings. The number of nitrogens with two attached hydrogens (primary N) is 1. The lowest BCUT2D eigenvalue weighted by molar-refractivity contribution is 0.0991. The van der Waals surface area contributed by atoms with Crippen molar-refractivity contribution in [1.82, 2.24) is 4.40 Å². The minimum Gasteiger partial charge on any atom is -0.326 e. The summed E-state index contributed by atoms with van der Waals surface area (Å²) in [5, 5.41) is 0. The molecule has 0 saturated heterocycles. The Morgan fingerprint density at radius 2 is 1.64 bits per heavy atom. The van der Waals surface area contributed by atoms with Crippen LogP contribution in [0.15, 0.2) is 79.0 Å². The third-order valence-corrected chi connectivity index (χ3v) is 5.00. The number of nitrogens with zero attached hydrogens (tertiary/aromatic N) is 1.